The number of nitrogens with zero attached hydrogens (tertiary/aromatic N) is 2. The van der Waals surface area contributed by atoms with E-state index < -0.39 is 22.7 Å². The smallest absolute Gasteiger partial charge is 0.370 e. The van der Waals surface area contributed by atoms with E-state index in [1.54, 1.807) is 12.3 Å². The first-order valence-corrected chi connectivity index (χ1v) is 9.01. The highest BCUT2D eigenvalue weighted by atomic mass is 35.5. The zero-order chi connectivity index (χ0) is 19.6. The molecule has 4 nitrogen and oxygen atoms in total. The first-order valence-electron chi connectivity index (χ1n) is 8.63. The summed E-state index contributed by atoms with van der Waals surface area (Å²) in [6.07, 6.45) is -0.661. The summed E-state index contributed by atoms with van der Waals surface area (Å²) in [5.74, 6) is 0.0264. The molecule has 1 aromatic heterocycles. The molecule has 0 radical (unpaired) electrons. The van der Waals surface area contributed by atoms with Gasteiger partial charge in [-0.05, 0) is 49.1 Å². The molecule has 3 rings (SSSR count). The summed E-state index contributed by atoms with van der Waals surface area (Å²) in [4.78, 5) is 18.7. The van der Waals surface area contributed by atoms with Crippen LogP contribution in [0, 0.1) is 5.92 Å². The second kappa shape index (κ2) is 7.76. The summed E-state index contributed by atoms with van der Waals surface area (Å²) in [5.41, 5.74) is 0.0771. The Kier molecular flexibility index (Phi) is 5.60. The fraction of sp³-hybridized carbons (Fsp3) is 0.368. The zero-order valence-electron chi connectivity index (χ0n) is 14.7. The highest BCUT2D eigenvalue weighted by Crippen LogP contribution is 2.36. The third kappa shape index (κ3) is 4.71. The lowest BCUT2D eigenvalue weighted by Gasteiger charge is -2.32. The van der Waals surface area contributed by atoms with Crippen molar-refractivity contribution in [2.75, 3.05) is 23.3 Å². The Balaban J connectivity index is 1.71. The lowest BCUT2D eigenvalue weighted by atomic mass is 10.00. The molecule has 8 heteroatoms. The summed E-state index contributed by atoms with van der Waals surface area (Å²) in [6, 6.07) is 6.62. The number of aromatic nitrogens is 1. The van der Waals surface area contributed by atoms with E-state index in [9.17, 15) is 18.0 Å². The van der Waals surface area contributed by atoms with E-state index in [1.165, 1.54) is 12.5 Å². The number of pyridine rings is 1. The van der Waals surface area contributed by atoms with Gasteiger partial charge in [0.2, 0.25) is 0 Å². The van der Waals surface area contributed by atoms with Gasteiger partial charge < -0.3 is 10.2 Å². The number of amides is 1. The third-order valence-electron chi connectivity index (χ3n) is 4.53. The van der Waals surface area contributed by atoms with Crippen molar-refractivity contribution in [2.24, 2.45) is 5.92 Å². The minimum atomic E-state index is -4.59. The van der Waals surface area contributed by atoms with Gasteiger partial charge in [-0.1, -0.05) is 18.5 Å². The second-order valence-electron chi connectivity index (χ2n) is 6.74. The average molecular weight is 398 g/mol. The van der Waals surface area contributed by atoms with Gasteiger partial charge in [-0.15, -0.1) is 0 Å². The number of benzene rings is 1. The third-order valence-corrected chi connectivity index (χ3v) is 4.86. The number of anilines is 2. The molecule has 2 aromatic rings. The predicted octanol–water partition coefficient (Wildman–Crippen LogP) is 5.24. The number of rotatable bonds is 3. The molecule has 1 aliphatic heterocycles. The zero-order valence-corrected chi connectivity index (χ0v) is 15.4. The monoisotopic (exact) mass is 397 g/mol. The Labute approximate surface area is 160 Å². The Morgan fingerprint density at radius 3 is 2.70 bits per heavy atom. The molecule has 1 fully saturated rings. The van der Waals surface area contributed by atoms with Gasteiger partial charge in [-0.3, -0.25) is 4.79 Å². The number of piperidine rings is 1. The van der Waals surface area contributed by atoms with Crippen LogP contribution in [-0.4, -0.2) is 24.0 Å². The first-order chi connectivity index (χ1) is 12.7. The van der Waals surface area contributed by atoms with E-state index in [4.69, 9.17) is 11.6 Å². The molecule has 144 valence electrons. The Morgan fingerprint density at radius 2 is 2.07 bits per heavy atom. The van der Waals surface area contributed by atoms with Crippen molar-refractivity contribution in [1.82, 2.24) is 4.98 Å². The van der Waals surface area contributed by atoms with Crippen molar-refractivity contribution in [3.63, 3.8) is 0 Å². The molecule has 0 spiro atoms. The van der Waals surface area contributed by atoms with Gasteiger partial charge in [0.25, 0.3) is 5.91 Å². The molecule has 1 amide bonds. The minimum absolute atomic E-state index is 0.00690. The number of nitrogens with one attached hydrogen (secondary N) is 1. The molecular formula is C19H19ClF3N3O. The number of carbonyl (C=O) groups is 1. The molecule has 1 unspecified atom stereocenters. The lowest BCUT2D eigenvalue weighted by Crippen LogP contribution is -2.34. The van der Waals surface area contributed by atoms with Gasteiger partial charge in [0, 0.05) is 18.8 Å². The minimum Gasteiger partial charge on any atom is -0.370 e. The van der Waals surface area contributed by atoms with Gasteiger partial charge in [0.05, 0.1) is 22.5 Å². The largest absolute Gasteiger partial charge is 0.417 e. The molecule has 0 aliphatic carbocycles. The Bertz CT molecular complexity index is 824. The van der Waals surface area contributed by atoms with Gasteiger partial charge in [-0.25, -0.2) is 4.98 Å². The Hall–Kier alpha value is -2.28. The number of alkyl halides is 3. The second-order valence-corrected chi connectivity index (χ2v) is 7.15. The van der Waals surface area contributed by atoms with Crippen molar-refractivity contribution >= 4 is 28.9 Å². The SMILES string of the molecule is CC1CCCN(c2ccc(C(=O)Nc3ccc(Cl)c(C(F)(F)F)c3)nc2)C1. The van der Waals surface area contributed by atoms with E-state index in [0.717, 1.165) is 37.3 Å². The summed E-state index contributed by atoms with van der Waals surface area (Å²) in [5, 5.41) is 2.01. The van der Waals surface area contributed by atoms with Crippen LogP contribution in [0.15, 0.2) is 36.5 Å². The van der Waals surface area contributed by atoms with Gasteiger partial charge in [0.15, 0.2) is 0 Å². The number of halogens is 4. The maximum Gasteiger partial charge on any atom is 0.417 e. The number of carbonyl (C=O) groups excluding carboxylic acids is 1. The highest BCUT2D eigenvalue weighted by Gasteiger charge is 2.33. The maximum absolute atomic E-state index is 12.9. The molecule has 1 N–H and O–H groups in total. The van der Waals surface area contributed by atoms with Crippen LogP contribution in [0.2, 0.25) is 5.02 Å². The molecule has 1 atom stereocenters. The van der Waals surface area contributed by atoms with Crippen LogP contribution < -0.4 is 10.2 Å². The van der Waals surface area contributed by atoms with E-state index in [2.05, 4.69) is 22.1 Å². The topological polar surface area (TPSA) is 45.2 Å². The lowest BCUT2D eigenvalue weighted by molar-refractivity contribution is -0.137. The van der Waals surface area contributed by atoms with Gasteiger partial charge >= 0.3 is 6.18 Å². The first kappa shape index (κ1) is 19.5. The molecule has 0 bridgehead atoms. The van der Waals surface area contributed by atoms with E-state index in [-0.39, 0.29) is 11.4 Å². The normalized spacial score (nSPS) is 17.7. The molecule has 27 heavy (non-hydrogen) atoms. The molecular weight excluding hydrogens is 379 g/mol. The van der Waals surface area contributed by atoms with Crippen molar-refractivity contribution in [1.29, 1.82) is 0 Å². The predicted molar refractivity (Wildman–Crippen MR) is 99.3 cm³/mol. The standard InChI is InChI=1S/C19H19ClF3N3O/c1-12-3-2-8-26(11-12)14-5-7-17(24-10-14)18(27)25-13-4-6-16(20)15(9-13)19(21,22)23/h4-7,9-10,12H,2-3,8,11H2,1H3,(H,25,27). The van der Waals surface area contributed by atoms with Crippen LogP contribution in [0.3, 0.4) is 0 Å². The highest BCUT2D eigenvalue weighted by molar-refractivity contribution is 6.31. The van der Waals surface area contributed by atoms with Crippen LogP contribution in [0.5, 0.6) is 0 Å². The van der Waals surface area contributed by atoms with Crippen LogP contribution >= 0.6 is 11.6 Å². The fourth-order valence-corrected chi connectivity index (χ4v) is 3.37. The van der Waals surface area contributed by atoms with Gasteiger partial charge in [0.1, 0.15) is 5.69 Å². The number of hydrogen-bond acceptors (Lipinski definition) is 3. The van der Waals surface area contributed by atoms with Crippen molar-refractivity contribution in [3.8, 4) is 0 Å². The summed E-state index contributed by atoms with van der Waals surface area (Å²) in [7, 11) is 0. The maximum atomic E-state index is 12.9. The molecule has 0 saturated carbocycles. The molecule has 1 aromatic carbocycles. The van der Waals surface area contributed by atoms with Crippen LogP contribution in [0.25, 0.3) is 0 Å². The average Bonchev–Trinajstić information content (AvgIpc) is 2.62. The fourth-order valence-electron chi connectivity index (χ4n) is 3.15. The summed E-state index contributed by atoms with van der Waals surface area (Å²) in [6.45, 7) is 4.09. The van der Waals surface area contributed by atoms with Crippen molar-refractivity contribution in [2.45, 2.75) is 25.9 Å². The van der Waals surface area contributed by atoms with Crippen LogP contribution in [0.1, 0.15) is 35.8 Å². The quantitative estimate of drug-likeness (QED) is 0.770. The van der Waals surface area contributed by atoms with Crippen LogP contribution in [-0.2, 0) is 6.18 Å². The number of hydrogen-bond donors (Lipinski definition) is 1. The van der Waals surface area contributed by atoms with Crippen molar-refractivity contribution < 1.29 is 18.0 Å². The van der Waals surface area contributed by atoms with E-state index in [0.29, 0.717) is 5.92 Å². The molecule has 1 aliphatic rings. The summed E-state index contributed by atoms with van der Waals surface area (Å²) >= 11 is 5.59. The molecule has 2 heterocycles. The van der Waals surface area contributed by atoms with Gasteiger partial charge in [-0.2, -0.15) is 13.2 Å². The summed E-state index contributed by atoms with van der Waals surface area (Å²) < 4.78 is 38.8. The van der Waals surface area contributed by atoms with E-state index >= 15 is 0 Å². The molecule has 1 saturated heterocycles. The van der Waals surface area contributed by atoms with Crippen molar-refractivity contribution in [3.05, 3.63) is 52.8 Å². The Morgan fingerprint density at radius 1 is 1.30 bits per heavy atom. The van der Waals surface area contributed by atoms with E-state index in [1.807, 2.05) is 6.07 Å². The van der Waals surface area contributed by atoms with Crippen LogP contribution in [0.4, 0.5) is 24.5 Å².